The number of aromatic carboxylic acids is 1. The maximum atomic E-state index is 14.7. The molecule has 0 bridgehead atoms. The fraction of sp³-hybridized carbons (Fsp3) is 0.308. The molecule has 4 rings (SSSR count). The summed E-state index contributed by atoms with van der Waals surface area (Å²) in [7, 11) is 2.02. The van der Waals surface area contributed by atoms with Gasteiger partial charge in [0.25, 0.3) is 0 Å². The Balaban J connectivity index is 1.54. The number of likely N-dealkylation sites (N-methyl/N-ethyl adjacent to an activating group) is 1. The van der Waals surface area contributed by atoms with E-state index in [2.05, 4.69) is 14.6 Å². The van der Waals surface area contributed by atoms with Gasteiger partial charge in [-0.15, -0.1) is 0 Å². The molecule has 1 aromatic heterocycles. The average molecular weight is 488 g/mol. The predicted molar refractivity (Wildman–Crippen MR) is 122 cm³/mol. The fourth-order valence-corrected chi connectivity index (χ4v) is 4.49. The number of carbonyl (C=O) groups is 1. The highest BCUT2D eigenvalue weighted by Crippen LogP contribution is 2.36. The monoisotopic (exact) mass is 488 g/mol. The Morgan fingerprint density at radius 3 is 2.71 bits per heavy atom. The van der Waals surface area contributed by atoms with Gasteiger partial charge in [-0.05, 0) is 66.8 Å². The quantitative estimate of drug-likeness (QED) is 0.433. The lowest BCUT2D eigenvalue weighted by Gasteiger charge is -2.35. The molecule has 5 nitrogen and oxygen atoms in total. The summed E-state index contributed by atoms with van der Waals surface area (Å²) in [6.45, 7) is -0.695. The molecule has 184 valence electrons. The van der Waals surface area contributed by atoms with E-state index in [0.29, 0.717) is 24.0 Å². The number of alkyl halides is 3. The number of aryl methyl sites for hydroxylation is 1. The van der Waals surface area contributed by atoms with Crippen molar-refractivity contribution in [3.05, 3.63) is 82.9 Å². The Hall–Kier alpha value is -3.46. The molecule has 0 saturated heterocycles. The Morgan fingerprint density at radius 2 is 2.00 bits per heavy atom. The number of hydrogen-bond donors (Lipinski definition) is 1. The van der Waals surface area contributed by atoms with Gasteiger partial charge in [0.1, 0.15) is 11.6 Å². The minimum Gasteiger partial charge on any atom is -0.484 e. The number of carboxylic acids is 1. The maximum absolute atomic E-state index is 14.7. The third kappa shape index (κ3) is 5.79. The molecular formula is C26H24F4N2O3. The third-order valence-corrected chi connectivity index (χ3v) is 6.24. The zero-order chi connectivity index (χ0) is 25.2. The van der Waals surface area contributed by atoms with Gasteiger partial charge in [-0.25, -0.2) is 9.18 Å². The summed E-state index contributed by atoms with van der Waals surface area (Å²) in [5, 5.41) is 9.43. The smallest absolute Gasteiger partial charge is 0.422 e. The molecule has 0 aliphatic carbocycles. The lowest BCUT2D eigenvalue weighted by Crippen LogP contribution is -2.32. The predicted octanol–water partition coefficient (Wildman–Crippen LogP) is 5.69. The van der Waals surface area contributed by atoms with Gasteiger partial charge in [-0.2, -0.15) is 13.2 Å². The molecule has 0 amide bonds. The third-order valence-electron chi connectivity index (χ3n) is 6.24. The maximum Gasteiger partial charge on any atom is 0.422 e. The second-order valence-corrected chi connectivity index (χ2v) is 8.58. The molecule has 0 unspecified atom stereocenters. The zero-order valence-electron chi connectivity index (χ0n) is 19.0. The first-order valence-corrected chi connectivity index (χ1v) is 11.1. The van der Waals surface area contributed by atoms with Gasteiger partial charge >= 0.3 is 12.1 Å². The lowest BCUT2D eigenvalue weighted by atomic mass is 9.87. The van der Waals surface area contributed by atoms with Crippen LogP contribution in [0.1, 0.15) is 39.5 Å². The second-order valence-electron chi connectivity index (χ2n) is 8.58. The van der Waals surface area contributed by atoms with Crippen LogP contribution in [-0.2, 0) is 12.8 Å². The van der Waals surface area contributed by atoms with Crippen molar-refractivity contribution in [3.63, 3.8) is 0 Å². The SMILES string of the molecule is CN1CCc2cc(-c3ccc(OCC(F)(F)F)cc3F)ccc2[C@H]1CCc1cnccc1C(=O)O. The molecule has 0 radical (unpaired) electrons. The molecule has 0 spiro atoms. The van der Waals surface area contributed by atoms with Crippen LogP contribution in [0.3, 0.4) is 0 Å². The Morgan fingerprint density at radius 1 is 1.20 bits per heavy atom. The van der Waals surface area contributed by atoms with Crippen molar-refractivity contribution in [2.45, 2.75) is 31.5 Å². The van der Waals surface area contributed by atoms with Crippen molar-refractivity contribution in [1.82, 2.24) is 9.88 Å². The van der Waals surface area contributed by atoms with Crippen molar-refractivity contribution >= 4 is 5.97 Å². The van der Waals surface area contributed by atoms with Crippen LogP contribution in [-0.4, -0.2) is 47.3 Å². The van der Waals surface area contributed by atoms with E-state index < -0.39 is 24.6 Å². The first-order valence-electron chi connectivity index (χ1n) is 11.1. The molecule has 1 aliphatic heterocycles. The topological polar surface area (TPSA) is 62.7 Å². The van der Waals surface area contributed by atoms with Crippen molar-refractivity contribution in [2.24, 2.45) is 0 Å². The highest BCUT2D eigenvalue weighted by Gasteiger charge is 2.29. The molecule has 2 aromatic carbocycles. The number of carboxylic acid groups (broad SMARTS) is 1. The van der Waals surface area contributed by atoms with Gasteiger partial charge in [-0.3, -0.25) is 9.88 Å². The van der Waals surface area contributed by atoms with E-state index in [1.165, 1.54) is 24.4 Å². The molecule has 35 heavy (non-hydrogen) atoms. The summed E-state index contributed by atoms with van der Waals surface area (Å²) in [6, 6.07) is 10.9. The molecule has 0 fully saturated rings. The number of ether oxygens (including phenoxy) is 1. The van der Waals surface area contributed by atoms with Crippen LogP contribution in [0.4, 0.5) is 17.6 Å². The van der Waals surface area contributed by atoms with E-state index in [4.69, 9.17) is 0 Å². The van der Waals surface area contributed by atoms with Crippen LogP contribution in [0, 0.1) is 5.82 Å². The number of rotatable bonds is 7. The summed E-state index contributed by atoms with van der Waals surface area (Å²) < 4.78 is 56.4. The van der Waals surface area contributed by atoms with Gasteiger partial charge in [-0.1, -0.05) is 18.2 Å². The van der Waals surface area contributed by atoms with Gasteiger partial charge in [0.15, 0.2) is 6.61 Å². The van der Waals surface area contributed by atoms with E-state index in [0.717, 1.165) is 30.2 Å². The molecule has 1 N–H and O–H groups in total. The Bertz CT molecular complexity index is 1230. The minimum atomic E-state index is -4.50. The Kier molecular flexibility index (Phi) is 7.07. The minimum absolute atomic E-state index is 0.0534. The van der Waals surface area contributed by atoms with Crippen LogP contribution in [0.2, 0.25) is 0 Å². The van der Waals surface area contributed by atoms with Crippen LogP contribution >= 0.6 is 0 Å². The largest absolute Gasteiger partial charge is 0.484 e. The number of halogens is 4. The van der Waals surface area contributed by atoms with Gasteiger partial charge in [0, 0.05) is 36.6 Å². The van der Waals surface area contributed by atoms with Crippen molar-refractivity contribution in [1.29, 1.82) is 0 Å². The summed E-state index contributed by atoms with van der Waals surface area (Å²) in [5.74, 6) is -1.83. The second kappa shape index (κ2) is 10.0. The van der Waals surface area contributed by atoms with E-state index >= 15 is 0 Å². The first kappa shape index (κ1) is 24.7. The highest BCUT2D eigenvalue weighted by molar-refractivity contribution is 5.89. The first-order chi connectivity index (χ1) is 16.6. The fourth-order valence-electron chi connectivity index (χ4n) is 4.49. The van der Waals surface area contributed by atoms with E-state index in [-0.39, 0.29) is 22.9 Å². The molecular weight excluding hydrogens is 464 g/mol. The standard InChI is InChI=1S/C26H24F4N2O3/c1-32-11-9-17-12-16(20-6-4-19(13-23(20)27)35-15-26(28,29)30)2-5-21(17)24(32)7-3-18-14-31-10-8-22(18)25(33)34/h2,4-6,8,10,12-14,24H,3,7,9,11,15H2,1H3,(H,33,34)/t24-/m1/s1. The molecule has 0 saturated carbocycles. The zero-order valence-corrected chi connectivity index (χ0v) is 19.0. The normalized spacial score (nSPS) is 16.1. The summed E-state index contributed by atoms with van der Waals surface area (Å²) in [6.07, 6.45) is 0.543. The molecule has 3 aromatic rings. The van der Waals surface area contributed by atoms with Gasteiger partial charge < -0.3 is 9.84 Å². The number of nitrogens with zero attached hydrogens (tertiary/aromatic N) is 2. The summed E-state index contributed by atoms with van der Waals surface area (Å²) >= 11 is 0. The van der Waals surface area contributed by atoms with Crippen LogP contribution < -0.4 is 4.74 Å². The summed E-state index contributed by atoms with van der Waals surface area (Å²) in [4.78, 5) is 17.8. The van der Waals surface area contributed by atoms with Crippen LogP contribution in [0.5, 0.6) is 5.75 Å². The average Bonchev–Trinajstić information content (AvgIpc) is 2.81. The van der Waals surface area contributed by atoms with E-state index in [1.807, 2.05) is 19.2 Å². The van der Waals surface area contributed by atoms with E-state index in [9.17, 15) is 27.5 Å². The van der Waals surface area contributed by atoms with Crippen molar-refractivity contribution in [2.75, 3.05) is 20.2 Å². The lowest BCUT2D eigenvalue weighted by molar-refractivity contribution is -0.153. The van der Waals surface area contributed by atoms with Crippen molar-refractivity contribution in [3.8, 4) is 16.9 Å². The molecule has 1 aliphatic rings. The number of pyridine rings is 1. The van der Waals surface area contributed by atoms with Gasteiger partial charge in [0.2, 0.25) is 0 Å². The summed E-state index contributed by atoms with van der Waals surface area (Å²) in [5.41, 5.74) is 3.98. The van der Waals surface area contributed by atoms with Crippen molar-refractivity contribution < 1.29 is 32.2 Å². The van der Waals surface area contributed by atoms with Gasteiger partial charge in [0.05, 0.1) is 5.56 Å². The molecule has 1 atom stereocenters. The molecule has 9 heteroatoms. The van der Waals surface area contributed by atoms with E-state index in [1.54, 1.807) is 12.3 Å². The molecule has 2 heterocycles. The number of hydrogen-bond acceptors (Lipinski definition) is 4. The van der Waals surface area contributed by atoms with Crippen LogP contribution in [0.15, 0.2) is 54.9 Å². The number of benzene rings is 2. The Labute approximate surface area is 200 Å². The highest BCUT2D eigenvalue weighted by atomic mass is 19.4. The number of fused-ring (bicyclic) bond motifs is 1. The number of aromatic nitrogens is 1. The van der Waals surface area contributed by atoms with Crippen LogP contribution in [0.25, 0.3) is 11.1 Å².